The second-order valence-corrected chi connectivity index (χ2v) is 4.29. The number of amides is 1. The van der Waals surface area contributed by atoms with Crippen molar-refractivity contribution in [2.45, 2.75) is 33.6 Å². The summed E-state index contributed by atoms with van der Waals surface area (Å²) in [7, 11) is 0. The Morgan fingerprint density at radius 1 is 1.28 bits per heavy atom. The number of aromatic carboxylic acids is 1. The number of carbonyl (C=O) groups excluding carboxylic acids is 1. The van der Waals surface area contributed by atoms with Gasteiger partial charge in [0.2, 0.25) is 5.91 Å². The Balaban J connectivity index is 2.95. The quantitative estimate of drug-likeness (QED) is 0.842. The topological polar surface area (TPSA) is 66.4 Å². The molecule has 18 heavy (non-hydrogen) atoms. The van der Waals surface area contributed by atoms with Crippen LogP contribution < -0.4 is 5.32 Å². The van der Waals surface area contributed by atoms with Crippen molar-refractivity contribution in [1.29, 1.82) is 0 Å². The molecule has 4 nitrogen and oxygen atoms in total. The first kappa shape index (κ1) is 14.2. The zero-order valence-corrected chi connectivity index (χ0v) is 11.0. The lowest BCUT2D eigenvalue weighted by molar-refractivity contribution is -0.120. The Morgan fingerprint density at radius 2 is 1.89 bits per heavy atom. The highest BCUT2D eigenvalue weighted by Crippen LogP contribution is 2.20. The molecular weight excluding hydrogens is 230 g/mol. The highest BCUT2D eigenvalue weighted by atomic mass is 16.4. The van der Waals surface area contributed by atoms with Gasteiger partial charge in [0, 0.05) is 11.6 Å². The van der Waals surface area contributed by atoms with E-state index < -0.39 is 5.97 Å². The van der Waals surface area contributed by atoms with Gasteiger partial charge in [-0.25, -0.2) is 4.79 Å². The lowest BCUT2D eigenvalue weighted by atomic mass is 10.0. The standard InChI is InChI=1S/C14H19NO3/c1-4-10(5-2)13(16)15-12-8-6-7-11(9(12)3)14(17)18/h6-8,10H,4-5H2,1-3H3,(H,15,16)(H,17,18). The molecule has 0 saturated heterocycles. The van der Waals surface area contributed by atoms with E-state index in [4.69, 9.17) is 5.11 Å². The Bertz CT molecular complexity index is 450. The van der Waals surface area contributed by atoms with Gasteiger partial charge >= 0.3 is 5.97 Å². The van der Waals surface area contributed by atoms with E-state index in [1.54, 1.807) is 19.1 Å². The first-order chi connectivity index (χ1) is 8.51. The number of carbonyl (C=O) groups is 2. The molecule has 0 heterocycles. The van der Waals surface area contributed by atoms with Crippen molar-refractivity contribution in [2.24, 2.45) is 5.92 Å². The number of rotatable bonds is 5. The molecule has 0 aliphatic carbocycles. The van der Waals surface area contributed by atoms with Gasteiger partial charge in [0.25, 0.3) is 0 Å². The van der Waals surface area contributed by atoms with Crippen molar-refractivity contribution < 1.29 is 14.7 Å². The molecular formula is C14H19NO3. The molecule has 0 radical (unpaired) electrons. The summed E-state index contributed by atoms with van der Waals surface area (Å²) in [5.74, 6) is -1.06. The smallest absolute Gasteiger partial charge is 0.336 e. The summed E-state index contributed by atoms with van der Waals surface area (Å²) < 4.78 is 0. The molecule has 98 valence electrons. The summed E-state index contributed by atoms with van der Waals surface area (Å²) in [6.07, 6.45) is 1.56. The molecule has 0 fully saturated rings. The molecule has 0 aromatic heterocycles. The first-order valence-corrected chi connectivity index (χ1v) is 6.15. The second-order valence-electron chi connectivity index (χ2n) is 4.29. The average molecular weight is 249 g/mol. The molecule has 0 bridgehead atoms. The molecule has 1 aromatic carbocycles. The van der Waals surface area contributed by atoms with Crippen LogP contribution in [0.5, 0.6) is 0 Å². The molecule has 1 amide bonds. The van der Waals surface area contributed by atoms with Gasteiger partial charge in [-0.1, -0.05) is 19.9 Å². The maximum Gasteiger partial charge on any atom is 0.336 e. The van der Waals surface area contributed by atoms with Gasteiger partial charge in [-0.2, -0.15) is 0 Å². The monoisotopic (exact) mass is 249 g/mol. The van der Waals surface area contributed by atoms with Crippen molar-refractivity contribution >= 4 is 17.6 Å². The Labute approximate surface area is 107 Å². The fourth-order valence-corrected chi connectivity index (χ4v) is 1.90. The Morgan fingerprint density at radius 3 is 2.39 bits per heavy atom. The van der Waals surface area contributed by atoms with Gasteiger partial charge in [0.05, 0.1) is 5.56 Å². The lowest BCUT2D eigenvalue weighted by Crippen LogP contribution is -2.22. The van der Waals surface area contributed by atoms with Gasteiger partial charge in [-0.15, -0.1) is 0 Å². The third kappa shape index (κ3) is 3.09. The van der Waals surface area contributed by atoms with Crippen LogP contribution >= 0.6 is 0 Å². The fourth-order valence-electron chi connectivity index (χ4n) is 1.90. The first-order valence-electron chi connectivity index (χ1n) is 6.15. The summed E-state index contributed by atoms with van der Waals surface area (Å²) in [4.78, 5) is 22.9. The van der Waals surface area contributed by atoms with E-state index in [0.29, 0.717) is 11.3 Å². The van der Waals surface area contributed by atoms with Crippen molar-refractivity contribution in [2.75, 3.05) is 5.32 Å². The summed E-state index contributed by atoms with van der Waals surface area (Å²) in [5, 5.41) is 11.8. The van der Waals surface area contributed by atoms with Crippen LogP contribution in [0, 0.1) is 12.8 Å². The maximum absolute atomic E-state index is 11.9. The number of anilines is 1. The predicted molar refractivity (Wildman–Crippen MR) is 70.8 cm³/mol. The zero-order valence-electron chi connectivity index (χ0n) is 11.0. The van der Waals surface area contributed by atoms with Gasteiger partial charge in [0.1, 0.15) is 0 Å². The largest absolute Gasteiger partial charge is 0.478 e. The number of carboxylic acids is 1. The van der Waals surface area contributed by atoms with Crippen molar-refractivity contribution in [3.05, 3.63) is 29.3 Å². The molecule has 1 aromatic rings. The molecule has 1 rings (SSSR count). The normalized spacial score (nSPS) is 10.4. The summed E-state index contributed by atoms with van der Waals surface area (Å²) in [5.41, 5.74) is 1.38. The highest BCUT2D eigenvalue weighted by molar-refractivity contribution is 5.96. The summed E-state index contributed by atoms with van der Waals surface area (Å²) in [6.45, 7) is 5.63. The summed E-state index contributed by atoms with van der Waals surface area (Å²) >= 11 is 0. The minimum Gasteiger partial charge on any atom is -0.478 e. The molecule has 0 aliphatic heterocycles. The molecule has 0 saturated carbocycles. The van der Waals surface area contributed by atoms with Crippen molar-refractivity contribution in [1.82, 2.24) is 0 Å². The van der Waals surface area contributed by atoms with Crippen LogP contribution in [0.4, 0.5) is 5.69 Å². The van der Waals surface area contributed by atoms with Crippen LogP contribution in [0.1, 0.15) is 42.6 Å². The van der Waals surface area contributed by atoms with Crippen LogP contribution in [-0.2, 0) is 4.79 Å². The third-order valence-corrected chi connectivity index (χ3v) is 3.18. The Kier molecular flexibility index (Phi) is 4.89. The molecule has 2 N–H and O–H groups in total. The van der Waals surface area contributed by atoms with E-state index in [0.717, 1.165) is 12.8 Å². The molecule has 0 spiro atoms. The SMILES string of the molecule is CCC(CC)C(=O)Nc1cccc(C(=O)O)c1C. The Hall–Kier alpha value is -1.84. The van der Waals surface area contributed by atoms with E-state index in [-0.39, 0.29) is 17.4 Å². The van der Waals surface area contributed by atoms with E-state index in [9.17, 15) is 9.59 Å². The molecule has 4 heteroatoms. The van der Waals surface area contributed by atoms with Crippen LogP contribution in [0.25, 0.3) is 0 Å². The van der Waals surface area contributed by atoms with Crippen LogP contribution in [-0.4, -0.2) is 17.0 Å². The highest BCUT2D eigenvalue weighted by Gasteiger charge is 2.16. The zero-order chi connectivity index (χ0) is 13.7. The predicted octanol–water partition coefficient (Wildman–Crippen LogP) is 3.07. The van der Waals surface area contributed by atoms with Crippen LogP contribution in [0.3, 0.4) is 0 Å². The van der Waals surface area contributed by atoms with E-state index >= 15 is 0 Å². The minimum atomic E-state index is -0.980. The number of carboxylic acid groups (broad SMARTS) is 1. The van der Waals surface area contributed by atoms with E-state index in [1.807, 2.05) is 13.8 Å². The fraction of sp³-hybridized carbons (Fsp3) is 0.429. The number of benzene rings is 1. The number of hydrogen-bond acceptors (Lipinski definition) is 2. The summed E-state index contributed by atoms with van der Waals surface area (Å²) in [6, 6.07) is 4.89. The molecule has 0 atom stereocenters. The average Bonchev–Trinajstić information content (AvgIpc) is 2.33. The minimum absolute atomic E-state index is 0.0297. The number of hydrogen-bond donors (Lipinski definition) is 2. The number of nitrogens with one attached hydrogen (secondary N) is 1. The lowest BCUT2D eigenvalue weighted by Gasteiger charge is -2.15. The molecule has 0 aliphatic rings. The van der Waals surface area contributed by atoms with Gasteiger partial charge in [-0.3, -0.25) is 4.79 Å². The molecule has 0 unspecified atom stereocenters. The second kappa shape index (κ2) is 6.19. The third-order valence-electron chi connectivity index (χ3n) is 3.18. The van der Waals surface area contributed by atoms with Crippen LogP contribution in [0.2, 0.25) is 0 Å². The van der Waals surface area contributed by atoms with Crippen molar-refractivity contribution in [3.8, 4) is 0 Å². The van der Waals surface area contributed by atoms with Gasteiger partial charge < -0.3 is 10.4 Å². The van der Waals surface area contributed by atoms with Crippen LogP contribution in [0.15, 0.2) is 18.2 Å². The maximum atomic E-state index is 11.9. The van der Waals surface area contributed by atoms with Gasteiger partial charge in [-0.05, 0) is 37.5 Å². The van der Waals surface area contributed by atoms with E-state index in [2.05, 4.69) is 5.32 Å². The van der Waals surface area contributed by atoms with Gasteiger partial charge in [0.15, 0.2) is 0 Å². The van der Waals surface area contributed by atoms with Crippen molar-refractivity contribution in [3.63, 3.8) is 0 Å². The van der Waals surface area contributed by atoms with E-state index in [1.165, 1.54) is 6.07 Å².